The van der Waals surface area contributed by atoms with E-state index >= 15 is 0 Å². The number of phenols is 1. The van der Waals surface area contributed by atoms with Gasteiger partial charge in [0.25, 0.3) is 0 Å². The first-order chi connectivity index (χ1) is 17.4. The maximum atomic E-state index is 13.8. The van der Waals surface area contributed by atoms with Crippen LogP contribution in [0.4, 0.5) is 0 Å². The maximum Gasteiger partial charge on any atom is 0.235 e. The molecule has 200 valence electrons. The number of Topliss-reactive ketones (excluding diaryl/α,β-unsaturated/α-hetero) is 4. The number of fused-ring (bicyclic) bond motifs is 3. The summed E-state index contributed by atoms with van der Waals surface area (Å²) >= 11 is 0. The van der Waals surface area contributed by atoms with Gasteiger partial charge in [-0.3, -0.25) is 34.3 Å². The quantitative estimate of drug-likeness (QED) is 0.267. The zero-order valence-corrected chi connectivity index (χ0v) is 21.5. The molecule has 2 saturated carbocycles. The van der Waals surface area contributed by atoms with Gasteiger partial charge in [-0.15, -0.1) is 0 Å². The number of carbonyl (C=O) groups excluding carboxylic acids is 5. The minimum absolute atomic E-state index is 0.0108. The van der Waals surface area contributed by atoms with Gasteiger partial charge in [-0.05, 0) is 50.0 Å². The molecule has 11 heteroatoms. The molecule has 2 unspecified atom stereocenters. The third-order valence-corrected chi connectivity index (χ3v) is 8.17. The molecule has 4 rings (SSSR count). The molecular weight excluding hydrogens is 480 g/mol. The lowest BCUT2D eigenvalue weighted by Crippen LogP contribution is -2.74. The van der Waals surface area contributed by atoms with Crippen molar-refractivity contribution in [3.63, 3.8) is 0 Å². The van der Waals surface area contributed by atoms with Crippen LogP contribution in [-0.4, -0.2) is 88.0 Å². The number of aromatic hydroxyl groups is 1. The lowest BCUT2D eigenvalue weighted by atomic mass is 9.52. The van der Waals surface area contributed by atoms with E-state index in [2.05, 4.69) is 5.43 Å². The Hall–Kier alpha value is -2.99. The Labute approximate surface area is 214 Å². The van der Waals surface area contributed by atoms with Gasteiger partial charge < -0.3 is 15.9 Å². The number of amides is 1. The predicted octanol–water partition coefficient (Wildman–Crippen LogP) is -0.787. The lowest BCUT2D eigenvalue weighted by Gasteiger charge is -2.52. The number of phenolic OH excluding ortho intramolecular Hbond substituents is 1. The van der Waals surface area contributed by atoms with E-state index in [9.17, 15) is 34.2 Å². The van der Waals surface area contributed by atoms with Gasteiger partial charge >= 0.3 is 0 Å². The zero-order valence-electron chi connectivity index (χ0n) is 21.5. The fourth-order valence-electron chi connectivity index (χ4n) is 6.53. The van der Waals surface area contributed by atoms with Gasteiger partial charge in [-0.1, -0.05) is 19.9 Å². The number of hydrazine groups is 1. The Bertz CT molecular complexity index is 1180. The van der Waals surface area contributed by atoms with E-state index in [1.165, 1.54) is 11.0 Å². The van der Waals surface area contributed by atoms with E-state index in [1.54, 1.807) is 20.2 Å². The molecule has 11 nitrogen and oxygen atoms in total. The van der Waals surface area contributed by atoms with Crippen LogP contribution in [0.15, 0.2) is 12.1 Å². The zero-order chi connectivity index (χ0) is 27.4. The molecule has 2 fully saturated rings. The second-order valence-electron chi connectivity index (χ2n) is 10.4. The van der Waals surface area contributed by atoms with Gasteiger partial charge in [0.1, 0.15) is 5.75 Å². The third kappa shape index (κ3) is 4.01. The van der Waals surface area contributed by atoms with Gasteiger partial charge in [0.15, 0.2) is 34.7 Å². The largest absolute Gasteiger partial charge is 0.507 e. The highest BCUT2D eigenvalue weighted by Crippen LogP contribution is 2.51. The molecule has 3 aliphatic carbocycles. The van der Waals surface area contributed by atoms with E-state index in [4.69, 9.17) is 5.73 Å². The Morgan fingerprint density at radius 3 is 2.41 bits per heavy atom. The highest BCUT2D eigenvalue weighted by atomic mass is 16.3. The molecule has 0 bridgehead atoms. The van der Waals surface area contributed by atoms with Crippen molar-refractivity contribution < 1.29 is 34.2 Å². The number of ketones is 4. The normalized spacial score (nSPS) is 31.4. The number of nitrogens with zero attached hydrogens (tertiary/aromatic N) is 2. The Morgan fingerprint density at radius 1 is 1.16 bits per heavy atom. The summed E-state index contributed by atoms with van der Waals surface area (Å²) in [6.45, 7) is 5.79. The number of likely N-dealkylation sites (N-methyl/N-ethyl adjacent to an activating group) is 1. The highest BCUT2D eigenvalue weighted by Gasteiger charge is 2.69. The number of carbonyl (C=O) groups is 5. The van der Waals surface area contributed by atoms with Gasteiger partial charge in [-0.25, -0.2) is 5.01 Å². The van der Waals surface area contributed by atoms with E-state index < -0.39 is 64.4 Å². The first kappa shape index (κ1) is 27.1. The second-order valence-corrected chi connectivity index (χ2v) is 10.4. The third-order valence-electron chi connectivity index (χ3n) is 8.17. The average molecular weight is 515 g/mol. The molecule has 37 heavy (non-hydrogen) atoms. The van der Waals surface area contributed by atoms with Crippen molar-refractivity contribution >= 4 is 29.0 Å². The smallest absolute Gasteiger partial charge is 0.235 e. The number of nitrogens with one attached hydrogen (secondary N) is 1. The number of benzene rings is 1. The first-order valence-corrected chi connectivity index (χ1v) is 12.6. The monoisotopic (exact) mass is 514 g/mol. The van der Waals surface area contributed by atoms with E-state index in [-0.39, 0.29) is 24.2 Å². The lowest BCUT2D eigenvalue weighted by molar-refractivity contribution is -0.181. The van der Waals surface area contributed by atoms with Gasteiger partial charge in [0.05, 0.1) is 17.5 Å². The van der Waals surface area contributed by atoms with Crippen molar-refractivity contribution in [2.45, 2.75) is 44.9 Å². The first-order valence-electron chi connectivity index (χ1n) is 12.6. The van der Waals surface area contributed by atoms with Crippen molar-refractivity contribution in [2.24, 2.45) is 29.4 Å². The van der Waals surface area contributed by atoms with Crippen molar-refractivity contribution in [3.8, 4) is 5.75 Å². The fourth-order valence-corrected chi connectivity index (χ4v) is 6.53. The van der Waals surface area contributed by atoms with Crippen LogP contribution in [0.2, 0.25) is 0 Å². The van der Waals surface area contributed by atoms with Crippen LogP contribution in [0.5, 0.6) is 5.75 Å². The van der Waals surface area contributed by atoms with Crippen molar-refractivity contribution in [1.29, 1.82) is 0 Å². The topological polar surface area (TPSA) is 170 Å². The van der Waals surface area contributed by atoms with Crippen LogP contribution >= 0.6 is 0 Å². The Balaban J connectivity index is 1.82. The Kier molecular flexibility index (Phi) is 7.10. The number of rotatable bonds is 7. The SMILES string of the molecule is CCNN(CC)Cc1ccc(O)c2c1C[C@H]1C[C@H]3[C@H](N(C)C)C(=O)C(C(N)=O)C(=O)[C@@]3(O)C(=O)C1C2=O. The number of primary amides is 1. The number of aliphatic hydroxyl groups is 1. The summed E-state index contributed by atoms with van der Waals surface area (Å²) in [6.07, 6.45) is 0.281. The number of nitrogens with two attached hydrogens (primary N) is 1. The molecule has 0 aliphatic heterocycles. The average Bonchev–Trinajstić information content (AvgIpc) is 2.82. The molecule has 0 heterocycles. The van der Waals surface area contributed by atoms with E-state index in [0.717, 1.165) is 5.56 Å². The molecule has 1 aromatic carbocycles. The van der Waals surface area contributed by atoms with Crippen LogP contribution in [-0.2, 0) is 32.1 Å². The van der Waals surface area contributed by atoms with E-state index in [0.29, 0.717) is 25.2 Å². The number of hydrogen-bond donors (Lipinski definition) is 4. The molecule has 0 aromatic heterocycles. The van der Waals surface area contributed by atoms with Crippen LogP contribution in [0.1, 0.15) is 41.8 Å². The van der Waals surface area contributed by atoms with Gasteiger partial charge in [-0.2, -0.15) is 0 Å². The molecule has 6 atom stereocenters. The minimum atomic E-state index is -2.71. The van der Waals surface area contributed by atoms with Crippen molar-refractivity contribution in [2.75, 3.05) is 27.2 Å². The summed E-state index contributed by atoms with van der Waals surface area (Å²) in [7, 11) is 3.12. The number of hydrogen-bond acceptors (Lipinski definition) is 10. The van der Waals surface area contributed by atoms with Gasteiger partial charge in [0.2, 0.25) is 5.91 Å². The van der Waals surface area contributed by atoms with Crippen LogP contribution in [0, 0.1) is 23.7 Å². The van der Waals surface area contributed by atoms with Gasteiger partial charge in [0, 0.05) is 25.6 Å². The molecular formula is C26H34N4O7. The Morgan fingerprint density at radius 2 is 1.84 bits per heavy atom. The molecule has 0 spiro atoms. The summed E-state index contributed by atoms with van der Waals surface area (Å²) in [4.78, 5) is 67.5. The summed E-state index contributed by atoms with van der Waals surface area (Å²) in [5.41, 5.74) is 7.30. The molecule has 5 N–H and O–H groups in total. The molecule has 1 aromatic rings. The second kappa shape index (κ2) is 9.71. The molecule has 1 amide bonds. The fraction of sp³-hybridized carbons (Fsp3) is 0.577. The summed E-state index contributed by atoms with van der Waals surface area (Å²) < 4.78 is 0. The standard InChI is InChI=1S/C26H34N4O7/c1-5-28-30(6-2)11-12-7-8-16(31)18-14(12)9-13-10-15-20(29(3)4)22(33)19(25(27)36)24(35)26(15,37)23(34)17(13)21(18)32/h7-8,13,15,17,19-20,28,31,37H,5-6,9-11H2,1-4H3,(H2,27,36)/t13-,15-,17?,19?,20-,26-/m0/s1. The summed E-state index contributed by atoms with van der Waals surface area (Å²) in [5, 5.41) is 24.2. The van der Waals surface area contributed by atoms with Crippen molar-refractivity contribution in [1.82, 2.24) is 15.3 Å². The minimum Gasteiger partial charge on any atom is -0.507 e. The summed E-state index contributed by atoms with van der Waals surface area (Å²) in [6, 6.07) is 2.04. The molecule has 3 aliphatic rings. The van der Waals surface area contributed by atoms with Crippen molar-refractivity contribution in [3.05, 3.63) is 28.8 Å². The maximum absolute atomic E-state index is 13.8. The molecule has 0 radical (unpaired) electrons. The predicted molar refractivity (Wildman–Crippen MR) is 131 cm³/mol. The van der Waals surface area contributed by atoms with Crippen LogP contribution < -0.4 is 11.2 Å². The molecule has 0 saturated heterocycles. The van der Waals surface area contributed by atoms with Crippen LogP contribution in [0.25, 0.3) is 0 Å². The van der Waals surface area contributed by atoms with E-state index in [1.807, 2.05) is 18.9 Å². The highest BCUT2D eigenvalue weighted by molar-refractivity contribution is 6.32. The summed E-state index contributed by atoms with van der Waals surface area (Å²) in [5.74, 6) is -10.4. The van der Waals surface area contributed by atoms with Crippen LogP contribution in [0.3, 0.4) is 0 Å².